The third kappa shape index (κ3) is 18.2. The van der Waals surface area contributed by atoms with Gasteiger partial charge in [0.1, 0.15) is 11.6 Å². The zero-order valence-corrected chi connectivity index (χ0v) is 59.6. The van der Waals surface area contributed by atoms with Gasteiger partial charge in [0.25, 0.3) is 0 Å². The van der Waals surface area contributed by atoms with Crippen LogP contribution in [0.4, 0.5) is 31.0 Å². The second kappa shape index (κ2) is 31.8. The SMILES string of the molecule is C=S(C)(=O)c1ccc(-c2cc(C3CCC(O)CC3)n3nc(N[C@@H](C)COC)ncc23)cn1.CCS(=O)(=O)c1cncc(-c2cc(C3CCC(O)CC3)n3nc(N[C@@H](C)CC(F)(F)F)ncc23)c1.COC[C@H](C)Nc1ncc2c(-c3cnn(Cc4nnc(C)o4)c3)cc(C3CCC(O)CC3)n2n1. The molecule has 0 radical (unpaired) electrons. The number of methoxy groups -OCH3 is 2. The van der Waals surface area contributed by atoms with Crippen LogP contribution in [0.1, 0.15) is 158 Å². The number of fused-ring (bicyclic) bond motifs is 3. The van der Waals surface area contributed by atoms with Gasteiger partial charge in [-0.2, -0.15) is 18.3 Å². The van der Waals surface area contributed by atoms with Crippen molar-refractivity contribution in [3.05, 3.63) is 115 Å². The zero-order valence-electron chi connectivity index (χ0n) is 58.0. The lowest BCUT2D eigenvalue weighted by Gasteiger charge is -2.25. The average molecular weight is 1440 g/mol. The number of aliphatic hydroxyl groups is 3. The Labute approximate surface area is 584 Å². The molecule has 0 spiro atoms. The van der Waals surface area contributed by atoms with E-state index < -0.39 is 38.0 Å². The molecule has 0 aliphatic heterocycles. The molecule has 6 N–H and O–H groups in total. The van der Waals surface area contributed by atoms with Gasteiger partial charge in [0, 0.05) is 148 Å². The molecular formula is C69H89F3N18O9S2. The van der Waals surface area contributed by atoms with E-state index in [0.717, 1.165) is 115 Å². The van der Waals surface area contributed by atoms with Crippen molar-refractivity contribution in [1.82, 2.24) is 73.7 Å². The van der Waals surface area contributed by atoms with Crippen LogP contribution in [0.15, 0.2) is 100 Å². The molecule has 4 atom stereocenters. The molecule has 3 saturated carbocycles. The summed E-state index contributed by atoms with van der Waals surface area (Å²) in [5.41, 5.74) is 10.6. The molecule has 10 aromatic rings. The number of aryl methyl sites for hydroxylation is 1. The van der Waals surface area contributed by atoms with E-state index >= 15 is 0 Å². The monoisotopic (exact) mass is 1430 g/mol. The Kier molecular flexibility index (Phi) is 23.2. The van der Waals surface area contributed by atoms with Gasteiger partial charge >= 0.3 is 6.18 Å². The summed E-state index contributed by atoms with van der Waals surface area (Å²) >= 11 is 0. The van der Waals surface area contributed by atoms with Gasteiger partial charge in [0.15, 0.2) is 9.84 Å². The molecular weight excluding hydrogens is 1350 g/mol. The number of alkyl halides is 3. The Hall–Kier alpha value is -8.53. The van der Waals surface area contributed by atoms with Crippen molar-refractivity contribution in [1.29, 1.82) is 0 Å². The minimum Gasteiger partial charge on any atom is -0.424 e. The van der Waals surface area contributed by atoms with Gasteiger partial charge in [0.2, 0.25) is 29.6 Å². The van der Waals surface area contributed by atoms with Crippen LogP contribution in [0.25, 0.3) is 49.9 Å². The molecule has 1 unspecified atom stereocenters. The fourth-order valence-corrected chi connectivity index (χ4v) is 14.9. The van der Waals surface area contributed by atoms with Crippen LogP contribution in [0.2, 0.25) is 0 Å². The summed E-state index contributed by atoms with van der Waals surface area (Å²) in [6, 6.07) is 10.7. The van der Waals surface area contributed by atoms with Crippen molar-refractivity contribution in [3.63, 3.8) is 0 Å². The molecule has 10 heterocycles. The van der Waals surface area contributed by atoms with Crippen LogP contribution < -0.4 is 16.0 Å². The van der Waals surface area contributed by atoms with Crippen LogP contribution in [0.5, 0.6) is 0 Å². The average Bonchev–Trinajstić information content (AvgIpc) is 1.63. The lowest BCUT2D eigenvalue weighted by Crippen LogP contribution is -2.25. The number of pyridine rings is 2. The number of nitrogens with one attached hydrogen (secondary N) is 3. The maximum atomic E-state index is 12.8. The summed E-state index contributed by atoms with van der Waals surface area (Å²) in [5, 5.41) is 66.3. The van der Waals surface area contributed by atoms with Gasteiger partial charge in [-0.1, -0.05) is 13.0 Å². The van der Waals surface area contributed by atoms with E-state index in [0.29, 0.717) is 89.8 Å². The molecule has 3 fully saturated rings. The van der Waals surface area contributed by atoms with Gasteiger partial charge in [-0.05, 0) is 134 Å². The van der Waals surface area contributed by atoms with Crippen LogP contribution >= 0.6 is 0 Å². The summed E-state index contributed by atoms with van der Waals surface area (Å²) in [6.07, 6.45) is 18.7. The second-order valence-electron chi connectivity index (χ2n) is 26.8. The van der Waals surface area contributed by atoms with Crippen molar-refractivity contribution >= 4 is 59.6 Å². The number of hydrogen-bond acceptors (Lipinski definition) is 23. The fraction of sp³-hybridized carbons (Fsp3) is 0.507. The molecule has 0 bridgehead atoms. The summed E-state index contributed by atoms with van der Waals surface area (Å²) in [7, 11) is -2.49. The fourth-order valence-electron chi connectivity index (χ4n) is 13.4. The Morgan fingerprint density at radius 3 is 1.47 bits per heavy atom. The number of aliphatic hydroxyl groups excluding tert-OH is 3. The number of halogens is 3. The highest BCUT2D eigenvalue weighted by molar-refractivity contribution is 7.99. The summed E-state index contributed by atoms with van der Waals surface area (Å²) < 4.78 is 98.7. The van der Waals surface area contributed by atoms with Crippen LogP contribution in [-0.4, -0.2) is 190 Å². The summed E-state index contributed by atoms with van der Waals surface area (Å²) in [5.74, 6) is 6.56. The molecule has 542 valence electrons. The normalized spacial score (nSPS) is 20.5. The highest BCUT2D eigenvalue weighted by Crippen LogP contribution is 2.42. The van der Waals surface area contributed by atoms with Crippen molar-refractivity contribution < 1.29 is 55.0 Å². The second-order valence-corrected chi connectivity index (χ2v) is 31.5. The van der Waals surface area contributed by atoms with Crippen molar-refractivity contribution in [2.24, 2.45) is 0 Å². The predicted octanol–water partition coefficient (Wildman–Crippen LogP) is 10.1. The van der Waals surface area contributed by atoms with E-state index in [-0.39, 0.29) is 52.9 Å². The van der Waals surface area contributed by atoms with Gasteiger partial charge in [-0.25, -0.2) is 41.9 Å². The molecule has 0 aromatic carbocycles. The van der Waals surface area contributed by atoms with Crippen molar-refractivity contribution in [3.8, 4) is 33.4 Å². The standard InChI is InChI=1S/C23H28F3N5O3S.C23H30N8O3.C23H31N5O3S/c1-3-35(33,34)18-8-16(11-27-12-18)19-9-20(15-4-6-17(32)7-5-15)31-21(19)13-28-22(30-31)29-14(2)10-23(24,25)26;1-14(13-33-3)26-23-24-10-21-19(8-20(31(21)29-23)16-4-6-18(32)7-5-16)17-9-25-30(11-17)12-22-28-27-15(2)34-22;1-15(14-31-2)26-23-25-13-21-19(17-7-10-22(24-12-17)32(3,4)30)11-20(28(21)27-23)16-5-8-18(29)9-6-16/h8-9,11-15,17,32H,3-7,10H2,1-2H3,(H,29,30);8-11,14,16,18,32H,4-7,12-13H2,1-3H3,(H,26,29);7,10-13,15-16,18,29H,3,5-6,8-9,14H2,1-2,4H3,(H,26,27)/t14-,15?,17?;14-,16?,18?;15-,16?,18?,32?/m000/s1. The third-order valence-electron chi connectivity index (χ3n) is 18.5. The Bertz CT molecular complexity index is 4670. The summed E-state index contributed by atoms with van der Waals surface area (Å²) in [6.45, 7) is 10.3. The lowest BCUT2D eigenvalue weighted by molar-refractivity contribution is -0.136. The Balaban J connectivity index is 0.000000153. The number of sulfone groups is 1. The van der Waals surface area contributed by atoms with Gasteiger partial charge in [-0.15, -0.1) is 25.5 Å². The van der Waals surface area contributed by atoms with Crippen LogP contribution in [0, 0.1) is 6.92 Å². The smallest absolute Gasteiger partial charge is 0.391 e. The first-order valence-electron chi connectivity index (χ1n) is 34.1. The van der Waals surface area contributed by atoms with E-state index in [1.54, 1.807) is 68.0 Å². The summed E-state index contributed by atoms with van der Waals surface area (Å²) in [4.78, 5) is 22.0. The molecule has 27 nitrogen and oxygen atoms in total. The third-order valence-corrected chi connectivity index (χ3v) is 21.4. The first-order valence-corrected chi connectivity index (χ1v) is 37.8. The maximum absolute atomic E-state index is 12.8. The van der Waals surface area contributed by atoms with E-state index in [2.05, 4.69) is 79.3 Å². The van der Waals surface area contributed by atoms with Crippen LogP contribution in [-0.2, 0) is 35.4 Å². The van der Waals surface area contributed by atoms with E-state index in [4.69, 9.17) is 24.1 Å². The van der Waals surface area contributed by atoms with Gasteiger partial charge in [-0.3, -0.25) is 13.9 Å². The molecule has 0 amide bonds. The quantitative estimate of drug-likeness (QED) is 0.0343. The highest BCUT2D eigenvalue weighted by atomic mass is 32.2. The topological polar surface area (TPSA) is 340 Å². The number of hydrogen-bond donors (Lipinski definition) is 6. The number of nitrogens with zero attached hydrogens (tertiary/aromatic N) is 15. The van der Waals surface area contributed by atoms with Gasteiger partial charge in [0.05, 0.1) is 89.9 Å². The Morgan fingerprint density at radius 1 is 0.604 bits per heavy atom. The number of rotatable bonds is 22. The van der Waals surface area contributed by atoms with Crippen LogP contribution in [0.3, 0.4) is 0 Å². The maximum Gasteiger partial charge on any atom is 0.391 e. The molecule has 0 saturated heterocycles. The van der Waals surface area contributed by atoms with Crippen molar-refractivity contribution in [2.75, 3.05) is 55.4 Å². The first-order chi connectivity index (χ1) is 48.2. The molecule has 3 aliphatic carbocycles. The molecule has 3 aliphatic rings. The molecule has 32 heteroatoms. The first kappa shape index (κ1) is 73.7. The lowest BCUT2D eigenvalue weighted by atomic mass is 9.85. The minimum absolute atomic E-state index is 0.0570. The number of anilines is 3. The number of ether oxygens (including phenoxy) is 2. The van der Waals surface area contributed by atoms with Crippen molar-refractivity contribution in [2.45, 2.75) is 195 Å². The largest absolute Gasteiger partial charge is 0.424 e. The zero-order chi connectivity index (χ0) is 71.9. The minimum atomic E-state index is -4.32. The number of aromatic nitrogens is 15. The Morgan fingerprint density at radius 2 is 1.06 bits per heavy atom. The molecule has 101 heavy (non-hydrogen) atoms. The van der Waals surface area contributed by atoms with E-state index in [9.17, 15) is 41.1 Å². The van der Waals surface area contributed by atoms with E-state index in [1.165, 1.54) is 19.3 Å². The van der Waals surface area contributed by atoms with Gasteiger partial charge < -0.3 is 45.2 Å². The van der Waals surface area contributed by atoms with E-state index in [1.807, 2.05) is 59.8 Å². The highest BCUT2D eigenvalue weighted by Gasteiger charge is 2.33. The molecule has 10 aromatic heterocycles. The predicted molar refractivity (Wildman–Crippen MR) is 377 cm³/mol. The molecule has 13 rings (SSSR count).